The fourth-order valence-corrected chi connectivity index (χ4v) is 10.2. The van der Waals surface area contributed by atoms with Crippen molar-refractivity contribution in [2.45, 2.75) is 81.3 Å². The maximum atomic E-state index is 13.9. The van der Waals surface area contributed by atoms with Gasteiger partial charge < -0.3 is 29.9 Å². The SMILES string of the molecule is Cc1ccc(S(=O)(=O)NC(Cc2ccccc2)C(=O)NCc2ccccc2-c2ccc(C3OC(CN4CCC(O)(c5ccc(Cl)cc5)CC4)C(C)C(c4ccc(CO)cc4)O3)cc2)cc1. The standard InChI is InChI=1S/C53H56ClN3O7S/c1-36-12-26-46(27-13-36)65(61,62)56-48(32-38-8-4-3-5-9-38)51(59)55-33-43-10-6-7-11-47(43)40-18-20-42(21-19-40)52-63-49(37(2)50(64-52)41-16-14-39(35-58)15-17-41)34-57-30-28-53(60,29-31-57)44-22-24-45(54)25-23-44/h3-27,37,48-50,52,56,58,60H,28-35H2,1-2H3,(H,55,59). The van der Waals surface area contributed by atoms with Crippen LogP contribution in [0.4, 0.5) is 0 Å². The number of hydrogen-bond acceptors (Lipinski definition) is 8. The number of amides is 1. The molecule has 6 aromatic rings. The minimum Gasteiger partial charge on any atom is -0.392 e. The molecule has 338 valence electrons. The first-order chi connectivity index (χ1) is 31.4. The molecule has 6 aromatic carbocycles. The van der Waals surface area contributed by atoms with Crippen LogP contribution < -0.4 is 10.0 Å². The summed E-state index contributed by atoms with van der Waals surface area (Å²) in [5.41, 5.74) is 7.12. The van der Waals surface area contributed by atoms with E-state index in [9.17, 15) is 23.4 Å². The van der Waals surface area contributed by atoms with Crippen molar-refractivity contribution in [3.05, 3.63) is 196 Å². The first-order valence-corrected chi connectivity index (χ1v) is 24.0. The summed E-state index contributed by atoms with van der Waals surface area (Å²) in [6.45, 7) is 6.25. The second kappa shape index (κ2) is 20.5. The van der Waals surface area contributed by atoms with Gasteiger partial charge in [0.1, 0.15) is 6.04 Å². The number of carbonyl (C=O) groups is 1. The van der Waals surface area contributed by atoms with Gasteiger partial charge in [0.25, 0.3) is 0 Å². The van der Waals surface area contributed by atoms with Gasteiger partial charge in [-0.2, -0.15) is 4.72 Å². The number of carbonyl (C=O) groups excluding carboxylic acids is 1. The number of aliphatic hydroxyl groups excluding tert-OH is 1. The molecule has 2 heterocycles. The second-order valence-electron chi connectivity index (χ2n) is 17.3. The molecule has 8 rings (SSSR count). The van der Waals surface area contributed by atoms with Crippen molar-refractivity contribution >= 4 is 27.5 Å². The van der Waals surface area contributed by atoms with Crippen molar-refractivity contribution in [3.8, 4) is 11.1 Å². The molecule has 65 heavy (non-hydrogen) atoms. The summed E-state index contributed by atoms with van der Waals surface area (Å²) in [6, 6.07) is 46.1. The van der Waals surface area contributed by atoms with Crippen LogP contribution in [-0.4, -0.2) is 61.2 Å². The number of hydrogen-bond donors (Lipinski definition) is 4. The van der Waals surface area contributed by atoms with Crippen molar-refractivity contribution in [1.82, 2.24) is 14.9 Å². The molecule has 1 amide bonds. The van der Waals surface area contributed by atoms with Gasteiger partial charge in [0.2, 0.25) is 15.9 Å². The zero-order chi connectivity index (χ0) is 45.6. The molecule has 0 bridgehead atoms. The summed E-state index contributed by atoms with van der Waals surface area (Å²) in [5.74, 6) is -0.442. The Hall–Kier alpha value is -5.21. The van der Waals surface area contributed by atoms with Crippen molar-refractivity contribution < 1.29 is 32.9 Å². The number of sulfonamides is 1. The predicted molar refractivity (Wildman–Crippen MR) is 253 cm³/mol. The van der Waals surface area contributed by atoms with E-state index in [4.69, 9.17) is 21.1 Å². The van der Waals surface area contributed by atoms with Gasteiger partial charge in [-0.3, -0.25) is 4.79 Å². The number of halogens is 1. The molecule has 12 heteroatoms. The summed E-state index contributed by atoms with van der Waals surface area (Å²) in [6.07, 6.45) is 0.229. The highest BCUT2D eigenvalue weighted by Gasteiger charge is 2.41. The molecular formula is C53H56ClN3O7S. The van der Waals surface area contributed by atoms with Gasteiger partial charge in [-0.05, 0) is 89.4 Å². The number of ether oxygens (including phenoxy) is 2. The number of nitrogens with one attached hydrogen (secondary N) is 2. The highest BCUT2D eigenvalue weighted by atomic mass is 35.5. The Morgan fingerprint density at radius 3 is 2.12 bits per heavy atom. The van der Waals surface area contributed by atoms with Crippen molar-refractivity contribution in [1.29, 1.82) is 0 Å². The van der Waals surface area contributed by atoms with Crippen LogP contribution in [0.3, 0.4) is 0 Å². The molecule has 2 fully saturated rings. The van der Waals surface area contributed by atoms with Gasteiger partial charge in [-0.15, -0.1) is 0 Å². The highest BCUT2D eigenvalue weighted by Crippen LogP contribution is 2.43. The molecule has 5 atom stereocenters. The summed E-state index contributed by atoms with van der Waals surface area (Å²) >= 11 is 6.14. The zero-order valence-corrected chi connectivity index (χ0v) is 38.2. The third kappa shape index (κ3) is 11.3. The average Bonchev–Trinajstić information content (AvgIpc) is 3.33. The van der Waals surface area contributed by atoms with Gasteiger partial charge in [-0.25, -0.2) is 8.42 Å². The number of rotatable bonds is 15. The molecule has 5 unspecified atom stereocenters. The third-order valence-corrected chi connectivity index (χ3v) is 14.6. The number of aliphatic hydroxyl groups is 2. The minimum atomic E-state index is -4.00. The van der Waals surface area contributed by atoms with E-state index >= 15 is 0 Å². The molecule has 2 saturated heterocycles. The number of likely N-dealkylation sites (tertiary alicyclic amines) is 1. The normalized spacial score (nSPS) is 20.5. The quantitative estimate of drug-likeness (QED) is 0.0803. The maximum absolute atomic E-state index is 13.9. The Balaban J connectivity index is 0.977. The third-order valence-electron chi connectivity index (χ3n) is 12.8. The van der Waals surface area contributed by atoms with Gasteiger partial charge in [0.05, 0.1) is 29.3 Å². The van der Waals surface area contributed by atoms with Crippen LogP contribution in [0.2, 0.25) is 5.02 Å². The van der Waals surface area contributed by atoms with E-state index in [0.29, 0.717) is 37.5 Å². The lowest BCUT2D eigenvalue weighted by Crippen LogP contribution is -2.49. The summed E-state index contributed by atoms with van der Waals surface area (Å²) < 4.78 is 43.2. The Kier molecular flexibility index (Phi) is 14.6. The molecule has 0 spiro atoms. The van der Waals surface area contributed by atoms with Gasteiger partial charge in [0.15, 0.2) is 6.29 Å². The fraction of sp³-hybridized carbons (Fsp3) is 0.302. The van der Waals surface area contributed by atoms with E-state index in [1.165, 1.54) is 0 Å². The molecule has 2 aliphatic rings. The Bertz CT molecular complexity index is 2620. The second-order valence-corrected chi connectivity index (χ2v) is 19.5. The highest BCUT2D eigenvalue weighted by molar-refractivity contribution is 7.89. The van der Waals surface area contributed by atoms with Crippen LogP contribution in [0.5, 0.6) is 0 Å². The van der Waals surface area contributed by atoms with Crippen LogP contribution in [0.1, 0.15) is 71.1 Å². The van der Waals surface area contributed by atoms with Crippen LogP contribution in [0.15, 0.2) is 157 Å². The van der Waals surface area contributed by atoms with Crippen LogP contribution in [-0.2, 0) is 49.5 Å². The smallest absolute Gasteiger partial charge is 0.241 e. The van der Waals surface area contributed by atoms with Crippen LogP contribution in [0.25, 0.3) is 11.1 Å². The van der Waals surface area contributed by atoms with Crippen molar-refractivity contribution in [2.75, 3.05) is 19.6 Å². The Labute approximate surface area is 387 Å². The van der Waals surface area contributed by atoms with E-state index in [1.807, 2.05) is 134 Å². The lowest BCUT2D eigenvalue weighted by atomic mass is 9.84. The largest absolute Gasteiger partial charge is 0.392 e. The predicted octanol–water partition coefficient (Wildman–Crippen LogP) is 8.79. The molecule has 4 N–H and O–H groups in total. The van der Waals surface area contributed by atoms with E-state index in [0.717, 1.165) is 50.1 Å². The molecule has 0 aromatic heterocycles. The fourth-order valence-electron chi connectivity index (χ4n) is 8.83. The van der Waals surface area contributed by atoms with E-state index in [1.54, 1.807) is 24.3 Å². The molecule has 2 aliphatic heterocycles. The van der Waals surface area contributed by atoms with E-state index < -0.39 is 33.9 Å². The van der Waals surface area contributed by atoms with Crippen LogP contribution in [0, 0.1) is 12.8 Å². The first kappa shape index (κ1) is 46.3. The minimum absolute atomic E-state index is 0.00475. The van der Waals surface area contributed by atoms with Gasteiger partial charge in [0, 0.05) is 42.7 Å². The van der Waals surface area contributed by atoms with Crippen molar-refractivity contribution in [3.63, 3.8) is 0 Å². The number of benzene rings is 6. The van der Waals surface area contributed by atoms with E-state index in [-0.39, 0.29) is 42.6 Å². The maximum Gasteiger partial charge on any atom is 0.241 e. The summed E-state index contributed by atoms with van der Waals surface area (Å²) in [4.78, 5) is 16.3. The lowest BCUT2D eigenvalue weighted by Gasteiger charge is -2.45. The van der Waals surface area contributed by atoms with Crippen molar-refractivity contribution in [2.24, 2.45) is 5.92 Å². The molecule has 10 nitrogen and oxygen atoms in total. The summed E-state index contributed by atoms with van der Waals surface area (Å²) in [7, 11) is -4.00. The Morgan fingerprint density at radius 2 is 1.45 bits per heavy atom. The molecule has 0 radical (unpaired) electrons. The number of piperidine rings is 1. The molecule has 0 aliphatic carbocycles. The average molecular weight is 915 g/mol. The molecule has 0 saturated carbocycles. The van der Waals surface area contributed by atoms with Gasteiger partial charge >= 0.3 is 0 Å². The Morgan fingerprint density at radius 1 is 0.800 bits per heavy atom. The van der Waals surface area contributed by atoms with Gasteiger partial charge in [-0.1, -0.05) is 151 Å². The van der Waals surface area contributed by atoms with E-state index in [2.05, 4.69) is 21.9 Å². The topological polar surface area (TPSA) is 137 Å². The number of aryl methyl sites for hydroxylation is 1. The molecular weight excluding hydrogens is 858 g/mol. The number of nitrogens with zero attached hydrogens (tertiary/aromatic N) is 1. The monoisotopic (exact) mass is 913 g/mol. The zero-order valence-electron chi connectivity index (χ0n) is 36.6. The van der Waals surface area contributed by atoms with Crippen LogP contribution >= 0.6 is 11.6 Å². The first-order valence-electron chi connectivity index (χ1n) is 22.2. The lowest BCUT2D eigenvalue weighted by molar-refractivity contribution is -0.277. The summed E-state index contributed by atoms with van der Waals surface area (Å²) in [5, 5.41) is 25.0.